The van der Waals surface area contributed by atoms with Crippen LogP contribution >= 0.6 is 0 Å². The molecule has 4 aromatic carbocycles. The Bertz CT molecular complexity index is 1380. The van der Waals surface area contributed by atoms with Crippen molar-refractivity contribution in [1.82, 2.24) is 0 Å². The van der Waals surface area contributed by atoms with Crippen molar-refractivity contribution in [2.45, 2.75) is 39.3 Å². The van der Waals surface area contributed by atoms with Crippen LogP contribution in [0.1, 0.15) is 18.9 Å². The monoisotopic (exact) mass is 552 g/mol. The third-order valence-electron chi connectivity index (χ3n) is 5.08. The fraction of sp³-hybridized carbons (Fsp3) is 0.111. The number of benzene rings is 4. The fourth-order valence-corrected chi connectivity index (χ4v) is 6.11. The van der Waals surface area contributed by atoms with Crippen LogP contribution < -0.4 is 0 Å². The van der Waals surface area contributed by atoms with Crippen molar-refractivity contribution in [3.63, 3.8) is 0 Å². The van der Waals surface area contributed by atoms with E-state index in [1.54, 1.807) is 0 Å². The summed E-state index contributed by atoms with van der Waals surface area (Å²) in [6, 6.07) is 30.8. The number of halogens is 5. The lowest BCUT2D eigenvalue weighted by Crippen LogP contribution is -2.12. The van der Waals surface area contributed by atoms with Crippen LogP contribution in [0, 0.1) is 29.1 Å². The zero-order chi connectivity index (χ0) is 27.2. The molecule has 0 unspecified atom stereocenters. The summed E-state index contributed by atoms with van der Waals surface area (Å²) in [5, 5.41) is 0. The molecular formula is C27H21F5O3S2. The summed E-state index contributed by atoms with van der Waals surface area (Å²) < 4.78 is 92.9. The Morgan fingerprint density at radius 3 is 1.38 bits per heavy atom. The molecule has 0 radical (unpaired) electrons. The maximum absolute atomic E-state index is 12.6. The molecule has 4 aromatic rings. The summed E-state index contributed by atoms with van der Waals surface area (Å²) in [5.74, 6) is -12.8. The van der Waals surface area contributed by atoms with Gasteiger partial charge in [0.2, 0.25) is 5.82 Å². The van der Waals surface area contributed by atoms with E-state index in [9.17, 15) is 34.9 Å². The van der Waals surface area contributed by atoms with Gasteiger partial charge in [0.1, 0.15) is 15.0 Å². The van der Waals surface area contributed by atoms with Crippen LogP contribution in [-0.2, 0) is 27.4 Å². The van der Waals surface area contributed by atoms with E-state index in [0.717, 1.165) is 6.42 Å². The maximum atomic E-state index is 12.6. The normalized spacial score (nSPS) is 11.2. The third kappa shape index (κ3) is 6.76. The van der Waals surface area contributed by atoms with Crippen LogP contribution in [0.2, 0.25) is 0 Å². The van der Waals surface area contributed by atoms with Crippen molar-refractivity contribution in [3.05, 3.63) is 120 Å². The molecule has 37 heavy (non-hydrogen) atoms. The minimum absolute atomic E-state index is 0.0268. The van der Waals surface area contributed by atoms with Gasteiger partial charge in [-0.3, -0.25) is 0 Å². The van der Waals surface area contributed by atoms with Crippen molar-refractivity contribution >= 4 is 21.0 Å². The molecule has 10 heteroatoms. The van der Waals surface area contributed by atoms with Crippen LogP contribution in [0.25, 0.3) is 0 Å². The Morgan fingerprint density at radius 1 is 0.622 bits per heavy atom. The van der Waals surface area contributed by atoms with Gasteiger partial charge in [0.05, 0.1) is 10.9 Å². The van der Waals surface area contributed by atoms with Gasteiger partial charge in [-0.2, -0.15) is 0 Å². The van der Waals surface area contributed by atoms with E-state index >= 15 is 0 Å². The van der Waals surface area contributed by atoms with Gasteiger partial charge in [-0.05, 0) is 48.4 Å². The van der Waals surface area contributed by atoms with E-state index in [-0.39, 0.29) is 10.9 Å². The lowest BCUT2D eigenvalue weighted by atomic mass is 10.1. The highest BCUT2D eigenvalue weighted by atomic mass is 32.2. The predicted octanol–water partition coefficient (Wildman–Crippen LogP) is 7.02. The second-order valence-electron chi connectivity index (χ2n) is 7.68. The first-order valence-corrected chi connectivity index (χ1v) is 13.6. The summed E-state index contributed by atoms with van der Waals surface area (Å²) in [7, 11) is -5.80. The van der Waals surface area contributed by atoms with Crippen molar-refractivity contribution in [2.24, 2.45) is 0 Å². The number of hydrogen-bond acceptors (Lipinski definition) is 3. The molecule has 0 saturated heterocycles. The summed E-state index contributed by atoms with van der Waals surface area (Å²) in [6.07, 6.45) is 2.35. The van der Waals surface area contributed by atoms with Gasteiger partial charge in [-0.1, -0.05) is 61.9 Å². The lowest BCUT2D eigenvalue weighted by molar-refractivity contribution is 0.350. The van der Waals surface area contributed by atoms with E-state index in [4.69, 9.17) is 0 Å². The zero-order valence-electron chi connectivity index (χ0n) is 19.4. The van der Waals surface area contributed by atoms with Gasteiger partial charge in [0, 0.05) is 0 Å². The van der Waals surface area contributed by atoms with E-state index in [0.29, 0.717) is 0 Å². The van der Waals surface area contributed by atoms with Crippen LogP contribution in [-0.4, -0.2) is 13.0 Å². The topological polar surface area (TPSA) is 57.2 Å². The quantitative estimate of drug-likeness (QED) is 0.0849. The van der Waals surface area contributed by atoms with Gasteiger partial charge < -0.3 is 4.55 Å². The second-order valence-corrected chi connectivity index (χ2v) is 11.0. The molecule has 0 heterocycles. The average Bonchev–Trinajstić information content (AvgIpc) is 2.89. The highest BCUT2D eigenvalue weighted by Crippen LogP contribution is 2.31. The molecule has 0 atom stereocenters. The predicted molar refractivity (Wildman–Crippen MR) is 130 cm³/mol. The smallest absolute Gasteiger partial charge is 0.200 e. The lowest BCUT2D eigenvalue weighted by Gasteiger charge is -2.10. The molecule has 0 aliphatic carbocycles. The highest BCUT2D eigenvalue weighted by molar-refractivity contribution is 7.97. The second kappa shape index (κ2) is 12.4. The molecular weight excluding hydrogens is 531 g/mol. The van der Waals surface area contributed by atoms with Crippen molar-refractivity contribution < 1.29 is 34.9 Å². The average molecular weight is 553 g/mol. The molecule has 0 amide bonds. The molecule has 0 spiro atoms. The van der Waals surface area contributed by atoms with Crippen molar-refractivity contribution in [2.75, 3.05) is 0 Å². The Balaban J connectivity index is 0.000000222. The number of aryl methyl sites for hydroxylation is 1. The van der Waals surface area contributed by atoms with Crippen LogP contribution in [0.5, 0.6) is 0 Å². The maximum Gasteiger partial charge on any atom is 0.200 e. The Labute approximate surface area is 214 Å². The molecule has 0 saturated carbocycles. The molecule has 194 valence electrons. The Morgan fingerprint density at radius 2 is 1.00 bits per heavy atom. The van der Waals surface area contributed by atoms with Gasteiger partial charge in [0.25, 0.3) is 0 Å². The highest BCUT2D eigenvalue weighted by Gasteiger charge is 2.29. The summed E-state index contributed by atoms with van der Waals surface area (Å²) in [6.45, 7) is 2.23. The molecule has 0 aromatic heterocycles. The largest absolute Gasteiger partial charge is 0.744 e. The first-order chi connectivity index (χ1) is 17.6. The van der Waals surface area contributed by atoms with Crippen molar-refractivity contribution in [1.29, 1.82) is 0 Å². The standard InChI is InChI=1S/C21H21S.C6HF5O3S/c1-2-9-18-14-16-21(17-15-18)22(19-10-5-3-6-11-19)20-12-7-4-8-13-20;7-1-2(8)4(10)6(15(12,13)14)5(11)3(1)9/h3-8,10-17H,2,9H2,1H3;(H,12,13,14)/q+1;/p-1. The van der Waals surface area contributed by atoms with Crippen LogP contribution in [0.3, 0.4) is 0 Å². The van der Waals surface area contributed by atoms with Crippen LogP contribution in [0.15, 0.2) is 105 Å². The number of rotatable bonds is 6. The van der Waals surface area contributed by atoms with Crippen molar-refractivity contribution in [3.8, 4) is 0 Å². The summed E-state index contributed by atoms with van der Waals surface area (Å²) in [5.41, 5.74) is 1.43. The third-order valence-corrected chi connectivity index (χ3v) is 8.16. The Kier molecular flexibility index (Phi) is 9.47. The van der Waals surface area contributed by atoms with Gasteiger partial charge >= 0.3 is 0 Å². The van der Waals surface area contributed by atoms with Gasteiger partial charge in [-0.25, -0.2) is 30.4 Å². The SMILES string of the molecule is CCCc1ccc([S+](c2ccccc2)c2ccccc2)cc1.O=S(=O)([O-])c1c(F)c(F)c(F)c(F)c1F. The zero-order valence-corrected chi connectivity index (χ0v) is 21.1. The molecule has 0 bridgehead atoms. The van der Waals surface area contributed by atoms with E-state index in [2.05, 4.69) is 91.9 Å². The first-order valence-electron chi connectivity index (χ1n) is 11.0. The molecule has 4 rings (SSSR count). The summed E-state index contributed by atoms with van der Waals surface area (Å²) >= 11 is 0. The molecule has 0 aliphatic heterocycles. The van der Waals surface area contributed by atoms with Crippen LogP contribution in [0.4, 0.5) is 22.0 Å². The first kappa shape index (κ1) is 28.4. The number of hydrogen-bond donors (Lipinski definition) is 0. The van der Waals surface area contributed by atoms with E-state index in [1.165, 1.54) is 26.7 Å². The minimum atomic E-state index is -5.77. The fourth-order valence-electron chi connectivity index (χ4n) is 3.41. The van der Waals surface area contributed by atoms with E-state index in [1.807, 2.05) is 0 Å². The molecule has 0 aliphatic rings. The summed E-state index contributed by atoms with van der Waals surface area (Å²) in [4.78, 5) is 1.75. The van der Waals surface area contributed by atoms with Gasteiger partial charge in [-0.15, -0.1) is 0 Å². The van der Waals surface area contributed by atoms with Gasteiger partial charge in [0.15, 0.2) is 38.0 Å². The molecule has 3 nitrogen and oxygen atoms in total. The molecule has 0 fully saturated rings. The minimum Gasteiger partial charge on any atom is -0.744 e. The van der Waals surface area contributed by atoms with E-state index < -0.39 is 44.1 Å². The molecule has 0 N–H and O–H groups in total. The Hall–Kier alpha value is -3.21.